The smallest absolute Gasteiger partial charge is 0.369 e. The number of piperazine rings is 1. The lowest BCUT2D eigenvalue weighted by molar-refractivity contribution is -0.137. The van der Waals surface area contributed by atoms with Crippen LogP contribution < -0.4 is 10.2 Å². The van der Waals surface area contributed by atoms with Crippen molar-refractivity contribution in [1.82, 2.24) is 10.2 Å². The Bertz CT molecular complexity index is 606. The van der Waals surface area contributed by atoms with Crippen LogP contribution in [0, 0.1) is 0 Å². The van der Waals surface area contributed by atoms with E-state index in [0.29, 0.717) is 44.5 Å². The van der Waals surface area contributed by atoms with Crippen molar-refractivity contribution < 1.29 is 18.0 Å². The van der Waals surface area contributed by atoms with E-state index < -0.39 is 11.7 Å². The lowest BCUT2D eigenvalue weighted by atomic mass is 9.95. The van der Waals surface area contributed by atoms with Crippen LogP contribution in [0.25, 0.3) is 0 Å². The topological polar surface area (TPSA) is 35.6 Å². The first-order valence-corrected chi connectivity index (χ1v) is 9.36. The minimum absolute atomic E-state index is 0.0596. The SMILES string of the molecule is O=C(CN1CCN(c2cccc(C(F)(F)F)c2)CC1)NC1CCCCC1. The molecule has 1 aromatic carbocycles. The van der Waals surface area contributed by atoms with Gasteiger partial charge in [0, 0.05) is 37.9 Å². The molecule has 4 nitrogen and oxygen atoms in total. The molecule has 3 rings (SSSR count). The van der Waals surface area contributed by atoms with Crippen LogP contribution in [-0.2, 0) is 11.0 Å². The maximum absolute atomic E-state index is 12.9. The van der Waals surface area contributed by atoms with Gasteiger partial charge in [-0.05, 0) is 31.0 Å². The monoisotopic (exact) mass is 369 g/mol. The van der Waals surface area contributed by atoms with E-state index in [9.17, 15) is 18.0 Å². The number of halogens is 3. The van der Waals surface area contributed by atoms with E-state index in [4.69, 9.17) is 0 Å². The largest absolute Gasteiger partial charge is 0.416 e. The van der Waals surface area contributed by atoms with Gasteiger partial charge in [0.15, 0.2) is 0 Å². The van der Waals surface area contributed by atoms with E-state index in [1.165, 1.54) is 31.4 Å². The Hall–Kier alpha value is -1.76. The molecule has 2 aliphatic rings. The van der Waals surface area contributed by atoms with Gasteiger partial charge >= 0.3 is 6.18 Å². The summed E-state index contributed by atoms with van der Waals surface area (Å²) in [6, 6.07) is 5.76. The third-order valence-electron chi connectivity index (χ3n) is 5.25. The number of anilines is 1. The average molecular weight is 369 g/mol. The van der Waals surface area contributed by atoms with Crippen LogP contribution in [0.15, 0.2) is 24.3 Å². The molecule has 1 amide bonds. The quantitative estimate of drug-likeness (QED) is 0.885. The minimum atomic E-state index is -4.32. The molecule has 0 aromatic heterocycles. The van der Waals surface area contributed by atoms with Crippen molar-refractivity contribution in [2.24, 2.45) is 0 Å². The highest BCUT2D eigenvalue weighted by atomic mass is 19.4. The number of nitrogens with zero attached hydrogens (tertiary/aromatic N) is 2. The minimum Gasteiger partial charge on any atom is -0.369 e. The van der Waals surface area contributed by atoms with Crippen molar-refractivity contribution in [1.29, 1.82) is 0 Å². The Morgan fingerprint density at radius 1 is 1.08 bits per heavy atom. The Kier molecular flexibility index (Phi) is 6.06. The number of benzene rings is 1. The van der Waals surface area contributed by atoms with Crippen LogP contribution >= 0.6 is 0 Å². The molecule has 1 aromatic rings. The van der Waals surface area contributed by atoms with Gasteiger partial charge in [0.2, 0.25) is 5.91 Å². The van der Waals surface area contributed by atoms with Crippen LogP contribution in [0.2, 0.25) is 0 Å². The van der Waals surface area contributed by atoms with Crippen LogP contribution in [0.3, 0.4) is 0 Å². The molecule has 1 heterocycles. The molecule has 0 bridgehead atoms. The molecule has 2 fully saturated rings. The molecule has 7 heteroatoms. The predicted octanol–water partition coefficient (Wildman–Crippen LogP) is 3.28. The lowest BCUT2D eigenvalue weighted by Gasteiger charge is -2.36. The summed E-state index contributed by atoms with van der Waals surface area (Å²) in [4.78, 5) is 16.2. The number of alkyl halides is 3. The fourth-order valence-electron chi connectivity index (χ4n) is 3.77. The Morgan fingerprint density at radius 3 is 2.42 bits per heavy atom. The standard InChI is InChI=1S/C19H26F3N3O/c20-19(21,22)15-5-4-8-17(13-15)25-11-9-24(10-12-25)14-18(26)23-16-6-2-1-3-7-16/h4-5,8,13,16H,1-3,6-7,9-12,14H2,(H,23,26). The second-order valence-corrected chi connectivity index (χ2v) is 7.21. The summed E-state index contributed by atoms with van der Waals surface area (Å²) in [5.74, 6) is 0.0596. The van der Waals surface area contributed by atoms with Gasteiger partial charge in [-0.15, -0.1) is 0 Å². The molecule has 0 unspecified atom stereocenters. The first-order chi connectivity index (χ1) is 12.4. The molecule has 26 heavy (non-hydrogen) atoms. The summed E-state index contributed by atoms with van der Waals surface area (Å²) in [6.45, 7) is 2.96. The second-order valence-electron chi connectivity index (χ2n) is 7.21. The predicted molar refractivity (Wildman–Crippen MR) is 95.1 cm³/mol. The summed E-state index contributed by atoms with van der Waals surface area (Å²) >= 11 is 0. The first kappa shape index (κ1) is 19.0. The van der Waals surface area contributed by atoms with Crippen molar-refractivity contribution in [2.75, 3.05) is 37.6 Å². The third-order valence-corrected chi connectivity index (χ3v) is 5.25. The molecule has 1 aliphatic carbocycles. The third kappa shape index (κ3) is 5.13. The van der Waals surface area contributed by atoms with Crippen molar-refractivity contribution in [3.63, 3.8) is 0 Å². The van der Waals surface area contributed by atoms with Crippen molar-refractivity contribution in [2.45, 2.75) is 44.3 Å². The lowest BCUT2D eigenvalue weighted by Crippen LogP contribution is -2.50. The molecule has 1 N–H and O–H groups in total. The summed E-state index contributed by atoms with van der Waals surface area (Å²) in [6.07, 6.45) is 1.42. The van der Waals surface area contributed by atoms with Crippen LogP contribution in [-0.4, -0.2) is 49.6 Å². The first-order valence-electron chi connectivity index (χ1n) is 9.36. The van der Waals surface area contributed by atoms with Gasteiger partial charge < -0.3 is 10.2 Å². The van der Waals surface area contributed by atoms with Gasteiger partial charge in [-0.2, -0.15) is 13.2 Å². The summed E-state index contributed by atoms with van der Waals surface area (Å²) in [5.41, 5.74) is -0.0320. The van der Waals surface area contributed by atoms with Gasteiger partial charge in [0.1, 0.15) is 0 Å². The maximum Gasteiger partial charge on any atom is 0.416 e. The van der Waals surface area contributed by atoms with Gasteiger partial charge in [0.05, 0.1) is 12.1 Å². The molecule has 144 valence electrons. The highest BCUT2D eigenvalue weighted by Crippen LogP contribution is 2.31. The number of rotatable bonds is 4. The number of hydrogen-bond acceptors (Lipinski definition) is 3. The van der Waals surface area contributed by atoms with E-state index in [2.05, 4.69) is 10.2 Å². The molecule has 0 atom stereocenters. The van der Waals surface area contributed by atoms with Crippen LogP contribution in [0.5, 0.6) is 0 Å². The van der Waals surface area contributed by atoms with E-state index in [0.717, 1.165) is 18.9 Å². The molecule has 0 radical (unpaired) electrons. The number of amides is 1. The van der Waals surface area contributed by atoms with Crippen molar-refractivity contribution in [3.8, 4) is 0 Å². The molecule has 1 saturated carbocycles. The van der Waals surface area contributed by atoms with Gasteiger partial charge in [-0.25, -0.2) is 0 Å². The van der Waals surface area contributed by atoms with E-state index in [-0.39, 0.29) is 5.91 Å². The number of carbonyl (C=O) groups is 1. The Morgan fingerprint density at radius 2 is 1.77 bits per heavy atom. The normalized spacial score (nSPS) is 20.2. The average Bonchev–Trinajstić information content (AvgIpc) is 2.62. The summed E-state index contributed by atoms with van der Waals surface area (Å²) in [5, 5.41) is 3.11. The molecule has 1 aliphatic heterocycles. The van der Waals surface area contributed by atoms with E-state index in [1.807, 2.05) is 4.90 Å². The van der Waals surface area contributed by atoms with E-state index in [1.54, 1.807) is 6.07 Å². The second kappa shape index (κ2) is 8.29. The van der Waals surface area contributed by atoms with E-state index >= 15 is 0 Å². The number of nitrogens with one attached hydrogen (secondary N) is 1. The molecule has 0 spiro atoms. The molecular weight excluding hydrogens is 343 g/mol. The van der Waals surface area contributed by atoms with Crippen LogP contribution in [0.4, 0.5) is 18.9 Å². The van der Waals surface area contributed by atoms with Gasteiger partial charge in [-0.1, -0.05) is 25.3 Å². The molecular formula is C19H26F3N3O. The highest BCUT2D eigenvalue weighted by molar-refractivity contribution is 5.78. The van der Waals surface area contributed by atoms with Crippen LogP contribution in [0.1, 0.15) is 37.7 Å². The van der Waals surface area contributed by atoms with Crippen molar-refractivity contribution >= 4 is 11.6 Å². The fourth-order valence-corrected chi connectivity index (χ4v) is 3.77. The Labute approximate surface area is 152 Å². The van der Waals surface area contributed by atoms with Gasteiger partial charge in [-0.3, -0.25) is 9.69 Å². The van der Waals surface area contributed by atoms with Crippen molar-refractivity contribution in [3.05, 3.63) is 29.8 Å². The summed E-state index contributed by atoms with van der Waals surface area (Å²) in [7, 11) is 0. The Balaban J connectivity index is 1.47. The molecule has 1 saturated heterocycles. The number of carbonyl (C=O) groups excluding carboxylic acids is 1. The summed E-state index contributed by atoms with van der Waals surface area (Å²) < 4.78 is 38.6. The highest BCUT2D eigenvalue weighted by Gasteiger charge is 2.31. The number of hydrogen-bond donors (Lipinski definition) is 1. The fraction of sp³-hybridized carbons (Fsp3) is 0.632. The zero-order chi connectivity index (χ0) is 18.6. The zero-order valence-electron chi connectivity index (χ0n) is 14.9. The maximum atomic E-state index is 12.9. The van der Waals surface area contributed by atoms with Gasteiger partial charge in [0.25, 0.3) is 0 Å². The zero-order valence-corrected chi connectivity index (χ0v) is 14.9.